The number of alkyl halides is 1. The molecule has 1 aromatic carbocycles. The van der Waals surface area contributed by atoms with E-state index in [2.05, 4.69) is 45.0 Å². The van der Waals surface area contributed by atoms with Crippen LogP contribution in [0, 0.1) is 5.41 Å². The summed E-state index contributed by atoms with van der Waals surface area (Å²) >= 11 is 5.79. The van der Waals surface area contributed by atoms with Gasteiger partial charge >= 0.3 is 0 Å². The lowest BCUT2D eigenvalue weighted by Gasteiger charge is -2.22. The van der Waals surface area contributed by atoms with Crippen LogP contribution in [0.4, 0.5) is 0 Å². The molecule has 3 heteroatoms. The molecule has 0 bridgehead atoms. The second-order valence-corrected chi connectivity index (χ2v) is 6.43. The molecule has 2 nitrogen and oxygen atoms in total. The van der Waals surface area contributed by atoms with Gasteiger partial charge in [-0.05, 0) is 36.3 Å². The summed E-state index contributed by atoms with van der Waals surface area (Å²) in [5.41, 5.74) is 2.60. The molecule has 0 saturated carbocycles. The Bertz CT molecular complexity index is 420. The summed E-state index contributed by atoms with van der Waals surface area (Å²) in [6, 6.07) is 8.55. The molecule has 1 atom stereocenters. The Balaban J connectivity index is 2.93. The summed E-state index contributed by atoms with van der Waals surface area (Å²) in [6.07, 6.45) is 1.75. The standard InChI is InChI=1S/C17H26ClNO/c1-5-20-16(19)15(7-6-12-18)13-8-10-14(11-9-13)17(2,3)4/h8-11,15,19H,5-7,12H2,1-4H3. The normalized spacial score (nSPS) is 13.1. The molecular weight excluding hydrogens is 270 g/mol. The van der Waals surface area contributed by atoms with Gasteiger partial charge in [0.2, 0.25) is 0 Å². The Morgan fingerprint density at radius 1 is 1.25 bits per heavy atom. The highest BCUT2D eigenvalue weighted by molar-refractivity contribution is 6.17. The number of hydrogen-bond acceptors (Lipinski definition) is 2. The fraction of sp³-hybridized carbons (Fsp3) is 0.588. The summed E-state index contributed by atoms with van der Waals surface area (Å²) in [7, 11) is 0. The van der Waals surface area contributed by atoms with E-state index >= 15 is 0 Å². The molecule has 1 rings (SSSR count). The third-order valence-corrected chi connectivity index (χ3v) is 3.69. The summed E-state index contributed by atoms with van der Waals surface area (Å²) in [5.74, 6) is 0.986. The van der Waals surface area contributed by atoms with Crippen molar-refractivity contribution in [2.75, 3.05) is 12.5 Å². The maximum Gasteiger partial charge on any atom is 0.188 e. The minimum atomic E-state index is 0.0164. The number of hydrogen-bond donors (Lipinski definition) is 1. The average Bonchev–Trinajstić information content (AvgIpc) is 2.39. The van der Waals surface area contributed by atoms with Gasteiger partial charge in [0.25, 0.3) is 0 Å². The number of halogens is 1. The van der Waals surface area contributed by atoms with Gasteiger partial charge in [-0.3, -0.25) is 5.41 Å². The molecule has 0 aliphatic carbocycles. The van der Waals surface area contributed by atoms with E-state index in [1.165, 1.54) is 5.56 Å². The fourth-order valence-electron chi connectivity index (χ4n) is 2.20. The van der Waals surface area contributed by atoms with Gasteiger partial charge in [0.15, 0.2) is 5.90 Å². The van der Waals surface area contributed by atoms with E-state index in [9.17, 15) is 0 Å². The van der Waals surface area contributed by atoms with Gasteiger partial charge in [-0.1, -0.05) is 45.0 Å². The van der Waals surface area contributed by atoms with Crippen LogP contribution in [0.5, 0.6) is 0 Å². The zero-order valence-electron chi connectivity index (χ0n) is 13.0. The molecule has 20 heavy (non-hydrogen) atoms. The first-order chi connectivity index (χ1) is 9.40. The van der Waals surface area contributed by atoms with Crippen LogP contribution in [0.25, 0.3) is 0 Å². The number of nitrogens with one attached hydrogen (secondary N) is 1. The van der Waals surface area contributed by atoms with Gasteiger partial charge < -0.3 is 4.74 Å². The van der Waals surface area contributed by atoms with Crippen molar-refractivity contribution in [2.24, 2.45) is 0 Å². The Morgan fingerprint density at radius 3 is 2.30 bits per heavy atom. The van der Waals surface area contributed by atoms with Gasteiger partial charge in [0.1, 0.15) is 0 Å². The van der Waals surface area contributed by atoms with Crippen molar-refractivity contribution in [3.05, 3.63) is 35.4 Å². The second kappa shape index (κ2) is 7.68. The first-order valence-electron chi connectivity index (χ1n) is 7.27. The molecule has 112 valence electrons. The van der Waals surface area contributed by atoms with E-state index in [0.717, 1.165) is 18.4 Å². The summed E-state index contributed by atoms with van der Waals surface area (Å²) < 4.78 is 5.39. The van der Waals surface area contributed by atoms with E-state index in [0.29, 0.717) is 18.4 Å². The topological polar surface area (TPSA) is 33.1 Å². The van der Waals surface area contributed by atoms with E-state index in [4.69, 9.17) is 21.7 Å². The highest BCUT2D eigenvalue weighted by atomic mass is 35.5. The highest BCUT2D eigenvalue weighted by Gasteiger charge is 2.19. The maximum absolute atomic E-state index is 8.07. The minimum Gasteiger partial charge on any atom is -0.481 e. The Hall–Kier alpha value is -1.02. The largest absolute Gasteiger partial charge is 0.481 e. The van der Waals surface area contributed by atoms with E-state index in [1.807, 2.05) is 6.92 Å². The quantitative estimate of drug-likeness (QED) is 0.442. The van der Waals surface area contributed by atoms with Crippen LogP contribution in [0.15, 0.2) is 24.3 Å². The van der Waals surface area contributed by atoms with Gasteiger partial charge in [-0.15, -0.1) is 11.6 Å². The van der Waals surface area contributed by atoms with Crippen LogP contribution in [-0.2, 0) is 10.2 Å². The Kier molecular flexibility index (Phi) is 6.54. The number of rotatable bonds is 6. The summed E-state index contributed by atoms with van der Waals surface area (Å²) in [4.78, 5) is 0. The zero-order chi connectivity index (χ0) is 15.2. The lowest BCUT2D eigenvalue weighted by Crippen LogP contribution is -2.16. The van der Waals surface area contributed by atoms with Gasteiger partial charge in [-0.25, -0.2) is 0 Å². The van der Waals surface area contributed by atoms with Gasteiger partial charge in [0, 0.05) is 5.88 Å². The van der Waals surface area contributed by atoms with Crippen molar-refractivity contribution in [1.29, 1.82) is 5.41 Å². The monoisotopic (exact) mass is 295 g/mol. The Morgan fingerprint density at radius 2 is 1.85 bits per heavy atom. The van der Waals surface area contributed by atoms with Crippen molar-refractivity contribution >= 4 is 17.5 Å². The number of ether oxygens (including phenoxy) is 1. The van der Waals surface area contributed by atoms with E-state index < -0.39 is 0 Å². The first kappa shape index (κ1) is 17.0. The summed E-state index contributed by atoms with van der Waals surface area (Å²) in [5, 5.41) is 8.07. The fourth-order valence-corrected chi connectivity index (χ4v) is 2.36. The average molecular weight is 296 g/mol. The van der Waals surface area contributed by atoms with Crippen LogP contribution in [-0.4, -0.2) is 18.4 Å². The third kappa shape index (κ3) is 4.82. The molecule has 1 unspecified atom stereocenters. The van der Waals surface area contributed by atoms with Crippen molar-refractivity contribution in [1.82, 2.24) is 0 Å². The first-order valence-corrected chi connectivity index (χ1v) is 7.81. The zero-order valence-corrected chi connectivity index (χ0v) is 13.8. The van der Waals surface area contributed by atoms with Crippen LogP contribution >= 0.6 is 11.6 Å². The van der Waals surface area contributed by atoms with Crippen molar-refractivity contribution < 1.29 is 4.74 Å². The molecule has 0 fully saturated rings. The lowest BCUT2D eigenvalue weighted by molar-refractivity contribution is 0.305. The number of benzene rings is 1. The molecular formula is C17H26ClNO. The smallest absolute Gasteiger partial charge is 0.188 e. The van der Waals surface area contributed by atoms with Crippen molar-refractivity contribution in [3.63, 3.8) is 0 Å². The lowest BCUT2D eigenvalue weighted by atomic mass is 9.85. The molecule has 0 aliphatic rings. The van der Waals surface area contributed by atoms with Crippen LogP contribution in [0.1, 0.15) is 57.6 Å². The van der Waals surface area contributed by atoms with E-state index in [1.54, 1.807) is 0 Å². The molecule has 0 aliphatic heterocycles. The van der Waals surface area contributed by atoms with E-state index in [-0.39, 0.29) is 11.3 Å². The molecule has 1 N–H and O–H groups in total. The third-order valence-electron chi connectivity index (χ3n) is 3.42. The van der Waals surface area contributed by atoms with Crippen molar-refractivity contribution in [3.8, 4) is 0 Å². The minimum absolute atomic E-state index is 0.0164. The SMILES string of the molecule is CCOC(=N)C(CCCCl)c1ccc(C(C)(C)C)cc1. The predicted octanol–water partition coefficient (Wildman–Crippen LogP) is 5.10. The molecule has 0 heterocycles. The molecule has 0 aromatic heterocycles. The summed E-state index contributed by atoms with van der Waals surface area (Å²) in [6.45, 7) is 9.06. The van der Waals surface area contributed by atoms with Gasteiger partial charge in [-0.2, -0.15) is 0 Å². The molecule has 1 aromatic rings. The van der Waals surface area contributed by atoms with Crippen LogP contribution in [0.2, 0.25) is 0 Å². The molecule has 0 spiro atoms. The van der Waals surface area contributed by atoms with Gasteiger partial charge in [0.05, 0.1) is 12.5 Å². The van der Waals surface area contributed by atoms with Crippen LogP contribution in [0.3, 0.4) is 0 Å². The highest BCUT2D eigenvalue weighted by Crippen LogP contribution is 2.27. The van der Waals surface area contributed by atoms with Crippen LogP contribution < -0.4 is 0 Å². The van der Waals surface area contributed by atoms with Crippen molar-refractivity contribution in [2.45, 2.75) is 51.9 Å². The Labute approximate surface area is 128 Å². The maximum atomic E-state index is 8.07. The second-order valence-electron chi connectivity index (χ2n) is 6.05. The molecule has 0 saturated heterocycles. The molecule has 0 amide bonds. The predicted molar refractivity (Wildman–Crippen MR) is 87.2 cm³/mol. The molecule has 0 radical (unpaired) electrons.